The van der Waals surface area contributed by atoms with Crippen LogP contribution in [0.15, 0.2) is 46.9 Å². The third-order valence-electron chi connectivity index (χ3n) is 3.37. The fraction of sp³-hybridized carbons (Fsp3) is 0.125. The molecule has 3 rings (SSSR count). The second-order valence-corrected chi connectivity index (χ2v) is 5.52. The number of fused-ring (bicyclic) bond motifs is 1. The number of benzene rings is 2. The van der Waals surface area contributed by atoms with Gasteiger partial charge in [-0.2, -0.15) is 0 Å². The molecule has 5 heteroatoms. The Hall–Kier alpha value is -1.55. The molecule has 0 fully saturated rings. The van der Waals surface area contributed by atoms with Crippen LogP contribution < -0.4 is 5.32 Å². The van der Waals surface area contributed by atoms with E-state index in [0.29, 0.717) is 15.8 Å². The van der Waals surface area contributed by atoms with Crippen LogP contribution in [0.4, 0.5) is 4.39 Å². The molecule has 0 aliphatic rings. The average Bonchev–Trinajstić information content (AvgIpc) is 2.89. The Bertz CT molecular complexity index is 800. The summed E-state index contributed by atoms with van der Waals surface area (Å²) in [5.41, 5.74) is 1.15. The maximum absolute atomic E-state index is 13.7. The molecule has 21 heavy (non-hydrogen) atoms. The molecule has 1 unspecified atom stereocenters. The third kappa shape index (κ3) is 2.64. The lowest BCUT2D eigenvalue weighted by molar-refractivity contribution is 0.476. The smallest absolute Gasteiger partial charge is 0.169 e. The molecule has 0 amide bonds. The summed E-state index contributed by atoms with van der Waals surface area (Å²) in [6.07, 6.45) is 0. The molecule has 1 N–H and O–H groups in total. The highest BCUT2D eigenvalue weighted by molar-refractivity contribution is 6.42. The lowest BCUT2D eigenvalue weighted by Gasteiger charge is -2.14. The topological polar surface area (TPSA) is 25.2 Å². The van der Waals surface area contributed by atoms with Gasteiger partial charge in [-0.15, -0.1) is 0 Å². The van der Waals surface area contributed by atoms with E-state index in [2.05, 4.69) is 5.32 Å². The third-order valence-corrected chi connectivity index (χ3v) is 4.10. The number of rotatable bonds is 3. The van der Waals surface area contributed by atoms with Crippen molar-refractivity contribution < 1.29 is 8.81 Å². The quantitative estimate of drug-likeness (QED) is 0.717. The van der Waals surface area contributed by atoms with Crippen LogP contribution >= 0.6 is 23.2 Å². The molecule has 1 atom stereocenters. The number of hydrogen-bond acceptors (Lipinski definition) is 2. The lowest BCUT2D eigenvalue weighted by atomic mass is 10.0. The average molecular weight is 324 g/mol. The first-order chi connectivity index (χ1) is 10.1. The van der Waals surface area contributed by atoms with Crippen LogP contribution in [-0.4, -0.2) is 7.05 Å². The SMILES string of the molecule is CNC(c1ccc(Cl)c(Cl)c1)c1cc2cccc(F)c2o1. The van der Waals surface area contributed by atoms with Crippen molar-refractivity contribution in [1.29, 1.82) is 0 Å². The van der Waals surface area contributed by atoms with E-state index < -0.39 is 0 Å². The van der Waals surface area contributed by atoms with Gasteiger partial charge in [-0.3, -0.25) is 0 Å². The van der Waals surface area contributed by atoms with Gasteiger partial charge in [-0.25, -0.2) is 4.39 Å². The summed E-state index contributed by atoms with van der Waals surface area (Å²) < 4.78 is 19.4. The predicted octanol–water partition coefficient (Wildman–Crippen LogP) is 5.19. The second-order valence-electron chi connectivity index (χ2n) is 4.70. The van der Waals surface area contributed by atoms with E-state index in [0.717, 1.165) is 10.9 Å². The Labute approximate surface area is 131 Å². The van der Waals surface area contributed by atoms with Crippen LogP contribution in [0.5, 0.6) is 0 Å². The zero-order valence-corrected chi connectivity index (χ0v) is 12.7. The Morgan fingerprint density at radius 1 is 1.10 bits per heavy atom. The van der Waals surface area contributed by atoms with Gasteiger partial charge >= 0.3 is 0 Å². The van der Waals surface area contributed by atoms with Gasteiger partial charge in [0.2, 0.25) is 0 Å². The van der Waals surface area contributed by atoms with E-state index in [4.69, 9.17) is 27.6 Å². The Balaban J connectivity index is 2.09. The number of nitrogens with one attached hydrogen (secondary N) is 1. The molecule has 2 nitrogen and oxygen atoms in total. The molecule has 0 saturated carbocycles. The summed E-state index contributed by atoms with van der Waals surface area (Å²) >= 11 is 12.0. The van der Waals surface area contributed by atoms with Crippen molar-refractivity contribution >= 4 is 34.2 Å². The predicted molar refractivity (Wildman–Crippen MR) is 83.5 cm³/mol. The van der Waals surface area contributed by atoms with Crippen molar-refractivity contribution in [2.75, 3.05) is 7.05 Å². The van der Waals surface area contributed by atoms with Crippen molar-refractivity contribution in [3.05, 3.63) is 69.7 Å². The van der Waals surface area contributed by atoms with E-state index in [-0.39, 0.29) is 17.4 Å². The van der Waals surface area contributed by atoms with Gasteiger partial charge in [-0.05, 0) is 36.9 Å². The lowest BCUT2D eigenvalue weighted by Crippen LogP contribution is -2.16. The zero-order chi connectivity index (χ0) is 15.0. The molecule has 0 spiro atoms. The van der Waals surface area contributed by atoms with Crippen LogP contribution in [0, 0.1) is 5.82 Å². The Morgan fingerprint density at radius 3 is 2.57 bits per heavy atom. The molecule has 3 aromatic rings. The van der Waals surface area contributed by atoms with Crippen molar-refractivity contribution in [2.24, 2.45) is 0 Å². The Morgan fingerprint density at radius 2 is 1.90 bits per heavy atom. The molecule has 0 bridgehead atoms. The van der Waals surface area contributed by atoms with Gasteiger partial charge < -0.3 is 9.73 Å². The summed E-state index contributed by atoms with van der Waals surface area (Å²) in [6, 6.07) is 11.8. The van der Waals surface area contributed by atoms with E-state index in [9.17, 15) is 4.39 Å². The first-order valence-corrected chi connectivity index (χ1v) is 7.16. The van der Waals surface area contributed by atoms with Crippen molar-refractivity contribution in [1.82, 2.24) is 5.32 Å². The summed E-state index contributed by atoms with van der Waals surface area (Å²) in [6.45, 7) is 0. The molecule has 0 aliphatic heterocycles. The van der Waals surface area contributed by atoms with E-state index in [1.54, 1.807) is 25.2 Å². The van der Waals surface area contributed by atoms with E-state index in [1.807, 2.05) is 18.2 Å². The summed E-state index contributed by atoms with van der Waals surface area (Å²) in [5, 5.41) is 4.83. The number of halogens is 3. The first-order valence-electron chi connectivity index (χ1n) is 6.40. The second kappa shape index (κ2) is 5.68. The van der Waals surface area contributed by atoms with Gasteiger partial charge in [0.15, 0.2) is 11.4 Å². The number of para-hydroxylation sites is 1. The Kier molecular flexibility index (Phi) is 3.89. The van der Waals surface area contributed by atoms with Crippen molar-refractivity contribution in [3.63, 3.8) is 0 Å². The minimum Gasteiger partial charge on any atom is -0.456 e. The maximum atomic E-state index is 13.7. The molecule has 0 aliphatic carbocycles. The molecule has 2 aromatic carbocycles. The minimum atomic E-state index is -0.372. The number of hydrogen-bond donors (Lipinski definition) is 1. The van der Waals surface area contributed by atoms with Gasteiger partial charge in [-0.1, -0.05) is 41.4 Å². The van der Waals surface area contributed by atoms with Gasteiger partial charge in [0, 0.05) is 5.39 Å². The first kappa shape index (κ1) is 14.4. The fourth-order valence-electron chi connectivity index (χ4n) is 2.35. The molecule has 108 valence electrons. The normalized spacial score (nSPS) is 12.8. The molecular weight excluding hydrogens is 312 g/mol. The highest BCUT2D eigenvalue weighted by atomic mass is 35.5. The largest absolute Gasteiger partial charge is 0.456 e. The van der Waals surface area contributed by atoms with Crippen LogP contribution in [0.25, 0.3) is 11.0 Å². The minimum absolute atomic E-state index is 0.230. The summed E-state index contributed by atoms with van der Waals surface area (Å²) in [4.78, 5) is 0. The van der Waals surface area contributed by atoms with E-state index >= 15 is 0 Å². The highest BCUT2D eigenvalue weighted by Crippen LogP contribution is 2.32. The van der Waals surface area contributed by atoms with Crippen LogP contribution in [-0.2, 0) is 0 Å². The van der Waals surface area contributed by atoms with Gasteiger partial charge in [0.1, 0.15) is 5.76 Å². The van der Waals surface area contributed by atoms with E-state index in [1.165, 1.54) is 6.07 Å². The monoisotopic (exact) mass is 323 g/mol. The van der Waals surface area contributed by atoms with Gasteiger partial charge in [0.05, 0.1) is 16.1 Å². The standard InChI is InChI=1S/C16H12Cl2FNO/c1-20-15(9-5-6-11(17)12(18)7-9)14-8-10-3-2-4-13(19)16(10)21-14/h2-8,15,20H,1H3. The van der Waals surface area contributed by atoms with Crippen molar-refractivity contribution in [3.8, 4) is 0 Å². The fourth-order valence-corrected chi connectivity index (χ4v) is 2.66. The zero-order valence-electron chi connectivity index (χ0n) is 11.2. The molecule has 0 saturated heterocycles. The molecule has 1 heterocycles. The summed E-state index contributed by atoms with van der Waals surface area (Å²) in [7, 11) is 1.80. The highest BCUT2D eigenvalue weighted by Gasteiger charge is 2.19. The maximum Gasteiger partial charge on any atom is 0.169 e. The van der Waals surface area contributed by atoms with Crippen LogP contribution in [0.1, 0.15) is 17.4 Å². The molecule has 1 aromatic heterocycles. The van der Waals surface area contributed by atoms with Crippen LogP contribution in [0.3, 0.4) is 0 Å². The van der Waals surface area contributed by atoms with Crippen molar-refractivity contribution in [2.45, 2.75) is 6.04 Å². The molecule has 0 radical (unpaired) electrons. The molecular formula is C16H12Cl2FNO. The van der Waals surface area contributed by atoms with Gasteiger partial charge in [0.25, 0.3) is 0 Å². The number of furan rings is 1. The van der Waals surface area contributed by atoms with Crippen LogP contribution in [0.2, 0.25) is 10.0 Å². The summed E-state index contributed by atoms with van der Waals surface area (Å²) in [5.74, 6) is 0.249.